The minimum Gasteiger partial charge on any atom is -0.379 e. The fourth-order valence-electron chi connectivity index (χ4n) is 2.46. The Morgan fingerprint density at radius 3 is 2.75 bits per heavy atom. The van der Waals surface area contributed by atoms with Crippen LogP contribution in [0.15, 0.2) is 0 Å². The smallest absolute Gasteiger partial charge is 0.229 e. The third-order valence-electron chi connectivity index (χ3n) is 3.93. The van der Waals surface area contributed by atoms with E-state index in [-0.39, 0.29) is 17.9 Å². The molecule has 1 aliphatic heterocycles. The third-order valence-corrected chi connectivity index (χ3v) is 3.93. The van der Waals surface area contributed by atoms with Gasteiger partial charge >= 0.3 is 0 Å². The SMILES string of the molecule is CNC1COCC1C(=O)N(C)CC1CC1C. The van der Waals surface area contributed by atoms with Gasteiger partial charge in [0, 0.05) is 19.6 Å². The van der Waals surface area contributed by atoms with E-state index in [4.69, 9.17) is 4.74 Å². The fourth-order valence-corrected chi connectivity index (χ4v) is 2.46. The molecule has 4 unspecified atom stereocenters. The summed E-state index contributed by atoms with van der Waals surface area (Å²) in [4.78, 5) is 14.1. The van der Waals surface area contributed by atoms with E-state index in [0.29, 0.717) is 13.2 Å². The predicted molar refractivity (Wildman–Crippen MR) is 62.1 cm³/mol. The highest BCUT2D eigenvalue weighted by atomic mass is 16.5. The molecule has 2 rings (SSSR count). The zero-order chi connectivity index (χ0) is 11.7. The second-order valence-electron chi connectivity index (χ2n) is 5.23. The molecule has 0 spiro atoms. The second-order valence-corrected chi connectivity index (χ2v) is 5.23. The molecule has 1 aliphatic carbocycles. The summed E-state index contributed by atoms with van der Waals surface area (Å²) in [7, 11) is 3.81. The van der Waals surface area contributed by atoms with E-state index in [1.807, 2.05) is 19.0 Å². The van der Waals surface area contributed by atoms with E-state index in [9.17, 15) is 4.79 Å². The molecular formula is C12H22N2O2. The Hall–Kier alpha value is -0.610. The van der Waals surface area contributed by atoms with E-state index in [0.717, 1.165) is 18.4 Å². The lowest BCUT2D eigenvalue weighted by molar-refractivity contribution is -0.134. The lowest BCUT2D eigenvalue weighted by Crippen LogP contribution is -2.44. The van der Waals surface area contributed by atoms with Crippen molar-refractivity contribution in [1.82, 2.24) is 10.2 Å². The van der Waals surface area contributed by atoms with E-state index >= 15 is 0 Å². The maximum absolute atomic E-state index is 12.2. The topological polar surface area (TPSA) is 41.6 Å². The maximum atomic E-state index is 12.2. The average molecular weight is 226 g/mol. The average Bonchev–Trinajstić information content (AvgIpc) is 2.82. The summed E-state index contributed by atoms with van der Waals surface area (Å²) in [5.41, 5.74) is 0. The van der Waals surface area contributed by atoms with E-state index in [1.165, 1.54) is 6.42 Å². The number of likely N-dealkylation sites (N-methyl/N-ethyl adjacent to an activating group) is 1. The molecule has 1 amide bonds. The van der Waals surface area contributed by atoms with Gasteiger partial charge in [0.05, 0.1) is 19.1 Å². The van der Waals surface area contributed by atoms with Crippen LogP contribution in [0.1, 0.15) is 13.3 Å². The third kappa shape index (κ3) is 2.38. The molecule has 0 aromatic rings. The normalized spacial score (nSPS) is 37.4. The molecule has 4 heteroatoms. The molecule has 0 radical (unpaired) electrons. The van der Waals surface area contributed by atoms with E-state index in [1.54, 1.807) is 0 Å². The predicted octanol–water partition coefficient (Wildman–Crippen LogP) is 0.335. The van der Waals surface area contributed by atoms with Crippen molar-refractivity contribution in [2.24, 2.45) is 17.8 Å². The number of ether oxygens (including phenoxy) is 1. The van der Waals surface area contributed by atoms with Crippen LogP contribution in [0, 0.1) is 17.8 Å². The summed E-state index contributed by atoms with van der Waals surface area (Å²) in [5, 5.41) is 3.15. The molecule has 16 heavy (non-hydrogen) atoms. The molecule has 92 valence electrons. The first-order valence-corrected chi connectivity index (χ1v) is 6.13. The number of carbonyl (C=O) groups is 1. The molecule has 0 aromatic heterocycles. The Kier molecular flexibility index (Phi) is 3.50. The fraction of sp³-hybridized carbons (Fsp3) is 0.917. The summed E-state index contributed by atoms with van der Waals surface area (Å²) in [6, 6.07) is 0.187. The van der Waals surface area contributed by atoms with Gasteiger partial charge in [0.15, 0.2) is 0 Å². The van der Waals surface area contributed by atoms with Crippen molar-refractivity contribution in [3.05, 3.63) is 0 Å². The van der Waals surface area contributed by atoms with Gasteiger partial charge in [-0.1, -0.05) is 6.92 Å². The van der Waals surface area contributed by atoms with Crippen molar-refractivity contribution >= 4 is 5.91 Å². The lowest BCUT2D eigenvalue weighted by atomic mass is 10.0. The van der Waals surface area contributed by atoms with Crippen LogP contribution in [0.5, 0.6) is 0 Å². The largest absolute Gasteiger partial charge is 0.379 e. The molecule has 1 saturated heterocycles. The van der Waals surface area contributed by atoms with Gasteiger partial charge < -0.3 is 15.0 Å². The van der Waals surface area contributed by atoms with Crippen LogP contribution in [0.4, 0.5) is 0 Å². The molecule has 2 aliphatic rings. The zero-order valence-electron chi connectivity index (χ0n) is 10.4. The van der Waals surface area contributed by atoms with Crippen LogP contribution >= 0.6 is 0 Å². The van der Waals surface area contributed by atoms with E-state index in [2.05, 4.69) is 12.2 Å². The number of rotatable bonds is 4. The molecule has 4 atom stereocenters. The number of hydrogen-bond acceptors (Lipinski definition) is 3. The van der Waals surface area contributed by atoms with Gasteiger partial charge in [0.1, 0.15) is 0 Å². The molecule has 2 fully saturated rings. The molecule has 1 N–H and O–H groups in total. The standard InChI is InChI=1S/C12H22N2O2/c1-8-4-9(8)5-14(3)12(15)10-6-16-7-11(10)13-2/h8-11,13H,4-7H2,1-3H3. The molecule has 1 heterocycles. The van der Waals surface area contributed by atoms with Crippen LogP contribution in [-0.2, 0) is 9.53 Å². The number of hydrogen-bond donors (Lipinski definition) is 1. The Morgan fingerprint density at radius 2 is 2.19 bits per heavy atom. The molecule has 0 aromatic carbocycles. The number of amides is 1. The number of nitrogens with zero attached hydrogens (tertiary/aromatic N) is 1. The first-order chi connectivity index (χ1) is 7.63. The van der Waals surface area contributed by atoms with Crippen molar-refractivity contribution in [2.45, 2.75) is 19.4 Å². The van der Waals surface area contributed by atoms with Crippen molar-refractivity contribution in [3.8, 4) is 0 Å². The highest BCUT2D eigenvalue weighted by molar-refractivity contribution is 5.79. The Morgan fingerprint density at radius 1 is 1.50 bits per heavy atom. The minimum absolute atomic E-state index is 0.00376. The first kappa shape index (κ1) is 11.9. The van der Waals surface area contributed by atoms with Gasteiger partial charge in [-0.05, 0) is 25.3 Å². The van der Waals surface area contributed by atoms with Crippen LogP contribution < -0.4 is 5.32 Å². The van der Waals surface area contributed by atoms with Crippen LogP contribution in [0.2, 0.25) is 0 Å². The first-order valence-electron chi connectivity index (χ1n) is 6.13. The van der Waals surface area contributed by atoms with Crippen molar-refractivity contribution < 1.29 is 9.53 Å². The second kappa shape index (κ2) is 4.72. The van der Waals surface area contributed by atoms with Gasteiger partial charge in [-0.3, -0.25) is 4.79 Å². The Bertz CT molecular complexity index is 270. The summed E-state index contributed by atoms with van der Waals surface area (Å²) < 4.78 is 5.36. The van der Waals surface area contributed by atoms with Gasteiger partial charge in [0.2, 0.25) is 5.91 Å². The molecule has 1 saturated carbocycles. The van der Waals surface area contributed by atoms with Crippen LogP contribution in [0.3, 0.4) is 0 Å². The molecule has 4 nitrogen and oxygen atoms in total. The van der Waals surface area contributed by atoms with Gasteiger partial charge in [-0.25, -0.2) is 0 Å². The Labute approximate surface area is 97.3 Å². The highest BCUT2D eigenvalue weighted by Crippen LogP contribution is 2.38. The van der Waals surface area contributed by atoms with Crippen LogP contribution in [0.25, 0.3) is 0 Å². The summed E-state index contributed by atoms with van der Waals surface area (Å²) >= 11 is 0. The lowest BCUT2D eigenvalue weighted by Gasteiger charge is -2.23. The van der Waals surface area contributed by atoms with Crippen molar-refractivity contribution in [2.75, 3.05) is 33.9 Å². The van der Waals surface area contributed by atoms with Gasteiger partial charge in [-0.15, -0.1) is 0 Å². The zero-order valence-corrected chi connectivity index (χ0v) is 10.4. The summed E-state index contributed by atoms with van der Waals surface area (Å²) in [6.07, 6.45) is 1.27. The Balaban J connectivity index is 1.85. The minimum atomic E-state index is 0.00376. The summed E-state index contributed by atoms with van der Waals surface area (Å²) in [6.45, 7) is 4.38. The number of carbonyl (C=O) groups excluding carboxylic acids is 1. The quantitative estimate of drug-likeness (QED) is 0.751. The summed E-state index contributed by atoms with van der Waals surface area (Å²) in [5.74, 6) is 1.76. The van der Waals surface area contributed by atoms with Crippen molar-refractivity contribution in [1.29, 1.82) is 0 Å². The van der Waals surface area contributed by atoms with Crippen LogP contribution in [-0.4, -0.2) is 50.7 Å². The highest BCUT2D eigenvalue weighted by Gasteiger charge is 2.38. The maximum Gasteiger partial charge on any atom is 0.229 e. The monoisotopic (exact) mass is 226 g/mol. The van der Waals surface area contributed by atoms with Gasteiger partial charge in [0.25, 0.3) is 0 Å². The van der Waals surface area contributed by atoms with E-state index < -0.39 is 0 Å². The molecular weight excluding hydrogens is 204 g/mol. The number of nitrogens with one attached hydrogen (secondary N) is 1. The van der Waals surface area contributed by atoms with Crippen molar-refractivity contribution in [3.63, 3.8) is 0 Å². The van der Waals surface area contributed by atoms with Gasteiger partial charge in [-0.2, -0.15) is 0 Å². The molecule has 0 bridgehead atoms.